The first kappa shape index (κ1) is 14.2. The molecule has 1 aromatic carbocycles. The van der Waals surface area contributed by atoms with Gasteiger partial charge in [0.2, 0.25) is 0 Å². The lowest BCUT2D eigenvalue weighted by Crippen LogP contribution is -2.28. The Hall–Kier alpha value is -1.19. The summed E-state index contributed by atoms with van der Waals surface area (Å²) in [6.45, 7) is 8.82. The van der Waals surface area contributed by atoms with Gasteiger partial charge in [-0.1, -0.05) is 44.2 Å². The Balaban J connectivity index is 2.16. The van der Waals surface area contributed by atoms with Crippen LogP contribution >= 0.6 is 11.3 Å². The van der Waals surface area contributed by atoms with Crippen LogP contribution < -0.4 is 5.32 Å². The van der Waals surface area contributed by atoms with Crippen LogP contribution in [0.25, 0.3) is 0 Å². The molecular formula is C16H22N2S. The topological polar surface area (TPSA) is 24.9 Å². The van der Waals surface area contributed by atoms with E-state index in [4.69, 9.17) is 0 Å². The highest BCUT2D eigenvalue weighted by Crippen LogP contribution is 2.28. The summed E-state index contributed by atoms with van der Waals surface area (Å²) in [5.74, 6) is 0.554. The van der Waals surface area contributed by atoms with Gasteiger partial charge in [-0.15, -0.1) is 11.3 Å². The molecule has 0 spiro atoms. The maximum Gasteiger partial charge on any atom is 0.0798 e. The molecule has 19 heavy (non-hydrogen) atoms. The van der Waals surface area contributed by atoms with E-state index in [1.54, 1.807) is 11.3 Å². The Bertz CT molecular complexity index is 504. The standard InChI is InChI=1S/C16H22N2S/c1-11(2)15(14-8-6-5-7-9-14)18-13(4)16-12(3)17-10-19-16/h5-11,13,15,18H,1-4H3. The zero-order valence-electron chi connectivity index (χ0n) is 12.1. The fourth-order valence-electron chi connectivity index (χ4n) is 2.41. The second-order valence-electron chi connectivity index (χ2n) is 5.32. The quantitative estimate of drug-likeness (QED) is 0.868. The number of hydrogen-bond donors (Lipinski definition) is 1. The lowest BCUT2D eigenvalue weighted by atomic mass is 9.95. The van der Waals surface area contributed by atoms with Crippen molar-refractivity contribution in [2.24, 2.45) is 5.92 Å². The highest BCUT2D eigenvalue weighted by atomic mass is 32.1. The van der Waals surface area contributed by atoms with E-state index in [9.17, 15) is 0 Å². The minimum Gasteiger partial charge on any atom is -0.302 e. The van der Waals surface area contributed by atoms with Crippen molar-refractivity contribution in [2.45, 2.75) is 39.8 Å². The van der Waals surface area contributed by atoms with Crippen LogP contribution in [0.3, 0.4) is 0 Å². The third kappa shape index (κ3) is 3.43. The van der Waals surface area contributed by atoms with E-state index >= 15 is 0 Å². The molecule has 0 saturated carbocycles. The van der Waals surface area contributed by atoms with Crippen LogP contribution in [0.1, 0.15) is 49.0 Å². The van der Waals surface area contributed by atoms with Crippen molar-refractivity contribution in [3.8, 4) is 0 Å². The molecule has 1 N–H and O–H groups in total. The zero-order chi connectivity index (χ0) is 13.8. The number of benzene rings is 1. The Morgan fingerprint density at radius 3 is 2.32 bits per heavy atom. The number of nitrogens with one attached hydrogen (secondary N) is 1. The molecule has 0 bridgehead atoms. The second-order valence-corrected chi connectivity index (χ2v) is 6.21. The molecule has 3 heteroatoms. The van der Waals surface area contributed by atoms with E-state index in [-0.39, 0.29) is 0 Å². The first-order valence-electron chi connectivity index (χ1n) is 6.80. The molecule has 2 unspecified atom stereocenters. The van der Waals surface area contributed by atoms with Crippen LogP contribution in [0.4, 0.5) is 0 Å². The number of thiazole rings is 1. The summed E-state index contributed by atoms with van der Waals surface area (Å²) in [7, 11) is 0. The van der Waals surface area contributed by atoms with E-state index in [1.807, 2.05) is 5.51 Å². The summed E-state index contributed by atoms with van der Waals surface area (Å²) < 4.78 is 0. The smallest absolute Gasteiger partial charge is 0.0798 e. The van der Waals surface area contributed by atoms with Crippen molar-refractivity contribution < 1.29 is 0 Å². The summed E-state index contributed by atoms with van der Waals surface area (Å²) >= 11 is 1.73. The van der Waals surface area contributed by atoms with Crippen molar-refractivity contribution >= 4 is 11.3 Å². The number of nitrogens with zero attached hydrogens (tertiary/aromatic N) is 1. The van der Waals surface area contributed by atoms with Crippen LogP contribution in [0.2, 0.25) is 0 Å². The van der Waals surface area contributed by atoms with Gasteiger partial charge in [-0.25, -0.2) is 4.98 Å². The first-order valence-corrected chi connectivity index (χ1v) is 7.68. The molecule has 1 heterocycles. The second kappa shape index (κ2) is 6.31. The third-order valence-electron chi connectivity index (χ3n) is 3.43. The summed E-state index contributed by atoms with van der Waals surface area (Å²) in [6, 6.07) is 11.4. The van der Waals surface area contributed by atoms with Gasteiger partial charge in [-0.05, 0) is 25.3 Å². The highest BCUT2D eigenvalue weighted by Gasteiger charge is 2.20. The normalized spacial score (nSPS) is 14.6. The molecular weight excluding hydrogens is 252 g/mol. The molecule has 1 aromatic heterocycles. The van der Waals surface area contributed by atoms with Crippen molar-refractivity contribution in [3.63, 3.8) is 0 Å². The van der Waals surface area contributed by atoms with Crippen molar-refractivity contribution in [2.75, 3.05) is 0 Å². The molecule has 0 fully saturated rings. The van der Waals surface area contributed by atoms with Gasteiger partial charge in [0.1, 0.15) is 0 Å². The van der Waals surface area contributed by atoms with Gasteiger partial charge in [0, 0.05) is 17.0 Å². The summed E-state index contributed by atoms with van der Waals surface area (Å²) in [5.41, 5.74) is 4.42. The maximum atomic E-state index is 4.34. The van der Waals surface area contributed by atoms with E-state index in [1.165, 1.54) is 10.4 Å². The van der Waals surface area contributed by atoms with Gasteiger partial charge in [0.25, 0.3) is 0 Å². The van der Waals surface area contributed by atoms with Crippen LogP contribution in [0.5, 0.6) is 0 Å². The number of aryl methyl sites for hydroxylation is 1. The lowest BCUT2D eigenvalue weighted by Gasteiger charge is -2.26. The minimum absolute atomic E-state index is 0.333. The average Bonchev–Trinajstić information content (AvgIpc) is 2.82. The van der Waals surface area contributed by atoms with Gasteiger partial charge < -0.3 is 5.32 Å². The molecule has 0 aliphatic rings. The molecule has 0 aliphatic heterocycles. The summed E-state index contributed by atoms with van der Waals surface area (Å²) in [5, 5.41) is 3.75. The average molecular weight is 274 g/mol. The van der Waals surface area contributed by atoms with Crippen LogP contribution in [0, 0.1) is 12.8 Å². The monoisotopic (exact) mass is 274 g/mol. The summed E-state index contributed by atoms with van der Waals surface area (Å²) in [6.07, 6.45) is 0. The Labute approximate surface area is 119 Å². The number of aromatic nitrogens is 1. The van der Waals surface area contributed by atoms with Crippen LogP contribution in [-0.2, 0) is 0 Å². The third-order valence-corrected chi connectivity index (χ3v) is 4.54. The minimum atomic E-state index is 0.333. The predicted molar refractivity (Wildman–Crippen MR) is 82.4 cm³/mol. The SMILES string of the molecule is Cc1ncsc1C(C)NC(c1ccccc1)C(C)C. The number of hydrogen-bond acceptors (Lipinski definition) is 3. The molecule has 0 radical (unpaired) electrons. The fourth-order valence-corrected chi connectivity index (χ4v) is 3.23. The van der Waals surface area contributed by atoms with Gasteiger partial charge >= 0.3 is 0 Å². The van der Waals surface area contributed by atoms with Gasteiger partial charge in [0.05, 0.1) is 11.2 Å². The molecule has 2 aromatic rings. The van der Waals surface area contributed by atoms with Crippen molar-refractivity contribution in [1.82, 2.24) is 10.3 Å². The number of rotatable bonds is 5. The van der Waals surface area contributed by atoms with Crippen LogP contribution in [-0.4, -0.2) is 4.98 Å². The molecule has 2 nitrogen and oxygen atoms in total. The Kier molecular flexibility index (Phi) is 4.72. The van der Waals surface area contributed by atoms with E-state index in [0.717, 1.165) is 5.69 Å². The van der Waals surface area contributed by atoms with Crippen LogP contribution in [0.15, 0.2) is 35.8 Å². The molecule has 2 atom stereocenters. The fraction of sp³-hybridized carbons (Fsp3) is 0.438. The predicted octanol–water partition coefficient (Wildman–Crippen LogP) is 4.50. The Morgan fingerprint density at radius 1 is 1.11 bits per heavy atom. The van der Waals surface area contributed by atoms with Gasteiger partial charge in [-0.2, -0.15) is 0 Å². The van der Waals surface area contributed by atoms with E-state index in [2.05, 4.69) is 68.3 Å². The molecule has 102 valence electrons. The van der Waals surface area contributed by atoms with Crippen molar-refractivity contribution in [3.05, 3.63) is 52.0 Å². The molecule has 0 aliphatic carbocycles. The zero-order valence-corrected chi connectivity index (χ0v) is 12.9. The first-order chi connectivity index (χ1) is 9.09. The Morgan fingerprint density at radius 2 is 1.79 bits per heavy atom. The molecule has 0 amide bonds. The van der Waals surface area contributed by atoms with Gasteiger partial charge in [-0.3, -0.25) is 0 Å². The molecule has 0 saturated heterocycles. The van der Waals surface area contributed by atoms with E-state index < -0.39 is 0 Å². The molecule has 2 rings (SSSR count). The lowest BCUT2D eigenvalue weighted by molar-refractivity contribution is 0.376. The van der Waals surface area contributed by atoms with E-state index in [0.29, 0.717) is 18.0 Å². The van der Waals surface area contributed by atoms with Crippen molar-refractivity contribution in [1.29, 1.82) is 0 Å². The summed E-state index contributed by atoms with van der Waals surface area (Å²) in [4.78, 5) is 5.68. The highest BCUT2D eigenvalue weighted by molar-refractivity contribution is 7.09. The van der Waals surface area contributed by atoms with Gasteiger partial charge in [0.15, 0.2) is 0 Å². The maximum absolute atomic E-state index is 4.34. The largest absolute Gasteiger partial charge is 0.302 e.